The molecule has 0 saturated heterocycles. The molecule has 2 N–H and O–H groups in total. The maximum atomic E-state index is 13.7. The van der Waals surface area contributed by atoms with Crippen LogP contribution in [0.3, 0.4) is 0 Å². The van der Waals surface area contributed by atoms with Crippen molar-refractivity contribution >= 4 is 23.6 Å². The lowest BCUT2D eigenvalue weighted by atomic mass is 9.53. The molecule has 1 aromatic carbocycles. The van der Waals surface area contributed by atoms with Crippen molar-refractivity contribution in [2.75, 3.05) is 12.3 Å². The summed E-state index contributed by atoms with van der Waals surface area (Å²) in [6, 6.07) is 5.90. The Balaban J connectivity index is 1.10. The minimum atomic E-state index is -0.542. The van der Waals surface area contributed by atoms with E-state index in [4.69, 9.17) is 0 Å². The van der Waals surface area contributed by atoms with Gasteiger partial charge in [-0.25, -0.2) is 4.39 Å². The molecule has 0 atom stereocenters. The summed E-state index contributed by atoms with van der Waals surface area (Å²) in [7, 11) is 1.85. The number of nitrogens with zero attached hydrogens (tertiary/aromatic N) is 3. The summed E-state index contributed by atoms with van der Waals surface area (Å²) < 4.78 is 15.6. The molecule has 0 spiro atoms. The third-order valence-corrected chi connectivity index (χ3v) is 8.47. The Morgan fingerprint density at radius 1 is 1.12 bits per heavy atom. The summed E-state index contributed by atoms with van der Waals surface area (Å²) >= 11 is 1.38. The molecular weight excluding hydrogens is 441 g/mol. The zero-order valence-corrected chi connectivity index (χ0v) is 19.7. The van der Waals surface area contributed by atoms with E-state index in [9.17, 15) is 14.0 Å². The molecule has 0 aliphatic heterocycles. The number of amides is 2. The highest BCUT2D eigenvalue weighted by atomic mass is 32.2. The van der Waals surface area contributed by atoms with E-state index in [2.05, 4.69) is 20.8 Å². The van der Waals surface area contributed by atoms with Crippen LogP contribution >= 0.6 is 11.8 Å². The van der Waals surface area contributed by atoms with Gasteiger partial charge in [-0.2, -0.15) is 0 Å². The molecule has 6 rings (SSSR count). The van der Waals surface area contributed by atoms with Crippen molar-refractivity contribution in [1.29, 1.82) is 0 Å². The number of hydrogen-bond donors (Lipinski definition) is 2. The van der Waals surface area contributed by atoms with E-state index in [-0.39, 0.29) is 17.0 Å². The Morgan fingerprint density at radius 2 is 1.79 bits per heavy atom. The lowest BCUT2D eigenvalue weighted by molar-refractivity contribution is -0.124. The Hall–Kier alpha value is -2.42. The van der Waals surface area contributed by atoms with Crippen LogP contribution in [0.15, 0.2) is 29.4 Å². The molecule has 0 radical (unpaired) electrons. The quantitative estimate of drug-likeness (QED) is 0.578. The molecule has 2 amide bonds. The van der Waals surface area contributed by atoms with Gasteiger partial charge in [0.2, 0.25) is 5.91 Å². The molecule has 4 saturated carbocycles. The Bertz CT molecular complexity index is 1020. The average molecular weight is 472 g/mol. The van der Waals surface area contributed by atoms with Crippen LogP contribution < -0.4 is 10.6 Å². The monoisotopic (exact) mass is 471 g/mol. The summed E-state index contributed by atoms with van der Waals surface area (Å²) in [4.78, 5) is 24.9. The molecule has 9 heteroatoms. The molecular formula is C24H30FN5O2S. The minimum absolute atomic E-state index is 0.0217. The standard InChI is InChI=1S/C24H30FN5O2S/c1-30-20(6-7-26-22(32)18-4-2-3-5-19(18)25)28-29-23(30)33-14-21(31)27-24-11-15-8-16(12-24)10-17(9-15)13-24/h2-5,15-17H,6-14H2,1H3,(H,26,32)(H,27,31). The molecule has 4 fully saturated rings. The largest absolute Gasteiger partial charge is 0.351 e. The predicted molar refractivity (Wildman–Crippen MR) is 123 cm³/mol. The van der Waals surface area contributed by atoms with Gasteiger partial charge >= 0.3 is 0 Å². The van der Waals surface area contributed by atoms with Gasteiger partial charge in [0.15, 0.2) is 5.16 Å². The van der Waals surface area contributed by atoms with Gasteiger partial charge in [0.05, 0.1) is 11.3 Å². The Morgan fingerprint density at radius 3 is 2.45 bits per heavy atom. The van der Waals surface area contributed by atoms with Gasteiger partial charge < -0.3 is 15.2 Å². The van der Waals surface area contributed by atoms with Crippen molar-refractivity contribution in [2.24, 2.45) is 24.8 Å². The van der Waals surface area contributed by atoms with E-state index in [0.717, 1.165) is 37.0 Å². The number of nitrogens with one attached hydrogen (secondary N) is 2. The highest BCUT2D eigenvalue weighted by Crippen LogP contribution is 2.55. The highest BCUT2D eigenvalue weighted by molar-refractivity contribution is 7.99. The summed E-state index contributed by atoms with van der Waals surface area (Å²) in [5.74, 6) is 2.48. The van der Waals surface area contributed by atoms with Crippen molar-refractivity contribution in [3.63, 3.8) is 0 Å². The molecule has 7 nitrogen and oxygen atoms in total. The fraction of sp³-hybridized carbons (Fsp3) is 0.583. The first-order valence-corrected chi connectivity index (χ1v) is 12.7. The summed E-state index contributed by atoms with van der Waals surface area (Å²) in [6.45, 7) is 0.316. The molecule has 176 valence electrons. The first-order chi connectivity index (χ1) is 15.9. The molecule has 4 aliphatic carbocycles. The van der Waals surface area contributed by atoms with Crippen molar-refractivity contribution in [3.8, 4) is 0 Å². The lowest BCUT2D eigenvalue weighted by Gasteiger charge is -2.56. The van der Waals surface area contributed by atoms with Crippen molar-refractivity contribution < 1.29 is 14.0 Å². The number of halogens is 1. The normalized spacial score (nSPS) is 27.5. The second kappa shape index (κ2) is 9.08. The zero-order chi connectivity index (χ0) is 23.0. The predicted octanol–water partition coefficient (Wildman–Crippen LogP) is 3.10. The second-order valence-corrected chi connectivity index (χ2v) is 10.9. The SMILES string of the molecule is Cn1c(CCNC(=O)c2ccccc2F)nnc1SCC(=O)NC12CC3CC(CC(C3)C1)C2. The van der Waals surface area contributed by atoms with Crippen LogP contribution in [0.2, 0.25) is 0 Å². The fourth-order valence-electron chi connectivity index (χ4n) is 6.44. The van der Waals surface area contributed by atoms with Crippen molar-refractivity contribution in [2.45, 2.75) is 55.6 Å². The third kappa shape index (κ3) is 4.78. The van der Waals surface area contributed by atoms with Crippen LogP contribution in [0.1, 0.15) is 54.7 Å². The van der Waals surface area contributed by atoms with Gasteiger partial charge in [-0.1, -0.05) is 23.9 Å². The van der Waals surface area contributed by atoms with E-state index in [1.54, 1.807) is 12.1 Å². The van der Waals surface area contributed by atoms with E-state index in [1.807, 2.05) is 11.6 Å². The smallest absolute Gasteiger partial charge is 0.254 e. The van der Waals surface area contributed by atoms with Crippen molar-refractivity contribution in [3.05, 3.63) is 41.5 Å². The average Bonchev–Trinajstić information content (AvgIpc) is 3.10. The Labute approximate surface area is 197 Å². The second-order valence-electron chi connectivity index (χ2n) is 9.98. The first kappa shape index (κ1) is 22.4. The number of hydrogen-bond acceptors (Lipinski definition) is 5. The molecule has 0 unspecified atom stereocenters. The highest BCUT2D eigenvalue weighted by Gasteiger charge is 2.51. The van der Waals surface area contributed by atoms with Gasteiger partial charge in [0, 0.05) is 25.6 Å². The lowest BCUT2D eigenvalue weighted by Crippen LogP contribution is -2.60. The minimum Gasteiger partial charge on any atom is -0.351 e. The van der Waals surface area contributed by atoms with Gasteiger partial charge in [-0.15, -0.1) is 10.2 Å². The molecule has 33 heavy (non-hydrogen) atoms. The number of aromatic nitrogens is 3. The van der Waals surface area contributed by atoms with Crippen LogP contribution in [0.25, 0.3) is 0 Å². The molecule has 4 aliphatic rings. The van der Waals surface area contributed by atoms with Crippen LogP contribution in [0.4, 0.5) is 4.39 Å². The number of rotatable bonds is 8. The molecule has 4 bridgehead atoms. The topological polar surface area (TPSA) is 88.9 Å². The van der Waals surface area contributed by atoms with Crippen LogP contribution in [-0.4, -0.2) is 44.4 Å². The van der Waals surface area contributed by atoms with E-state index >= 15 is 0 Å². The molecule has 1 aromatic heterocycles. The zero-order valence-electron chi connectivity index (χ0n) is 18.8. The molecule has 1 heterocycles. The summed E-state index contributed by atoms with van der Waals surface area (Å²) in [5.41, 5.74) is 0.0465. The third-order valence-electron chi connectivity index (χ3n) is 7.45. The number of benzene rings is 1. The summed E-state index contributed by atoms with van der Waals surface area (Å²) in [6.07, 6.45) is 7.95. The number of carbonyl (C=O) groups excluding carboxylic acids is 2. The first-order valence-electron chi connectivity index (χ1n) is 11.8. The maximum absolute atomic E-state index is 13.7. The van der Waals surface area contributed by atoms with Crippen LogP contribution in [0.5, 0.6) is 0 Å². The van der Waals surface area contributed by atoms with E-state index in [0.29, 0.717) is 29.7 Å². The molecule has 2 aromatic rings. The maximum Gasteiger partial charge on any atom is 0.254 e. The van der Waals surface area contributed by atoms with E-state index < -0.39 is 11.7 Å². The van der Waals surface area contributed by atoms with Crippen LogP contribution in [0, 0.1) is 23.6 Å². The Kier molecular flexibility index (Phi) is 6.16. The van der Waals surface area contributed by atoms with Crippen LogP contribution in [-0.2, 0) is 18.3 Å². The number of thioether (sulfide) groups is 1. The summed E-state index contributed by atoms with van der Waals surface area (Å²) in [5, 5.41) is 15.2. The van der Waals surface area contributed by atoms with Crippen molar-refractivity contribution in [1.82, 2.24) is 25.4 Å². The number of carbonyl (C=O) groups is 2. The fourth-order valence-corrected chi connectivity index (χ4v) is 7.17. The van der Waals surface area contributed by atoms with E-state index in [1.165, 1.54) is 43.2 Å². The van der Waals surface area contributed by atoms with Gasteiger partial charge in [-0.05, 0) is 68.4 Å². The van der Waals surface area contributed by atoms with Gasteiger partial charge in [-0.3, -0.25) is 9.59 Å². The van der Waals surface area contributed by atoms with Gasteiger partial charge in [0.1, 0.15) is 11.6 Å². The van der Waals surface area contributed by atoms with Gasteiger partial charge in [0.25, 0.3) is 5.91 Å².